The lowest BCUT2D eigenvalue weighted by Crippen LogP contribution is -2.34. The highest BCUT2D eigenvalue weighted by atomic mass is 32.2. The maximum absolute atomic E-state index is 13.6. The highest BCUT2D eigenvalue weighted by Gasteiger charge is 2.36. The summed E-state index contributed by atoms with van der Waals surface area (Å²) in [7, 11) is -3.55. The van der Waals surface area contributed by atoms with Gasteiger partial charge >= 0.3 is 0 Å². The molecule has 0 spiro atoms. The number of hydrogen-bond donors (Lipinski definition) is 2. The smallest absolute Gasteiger partial charge is 0.300 e. The maximum Gasteiger partial charge on any atom is 0.300 e. The van der Waals surface area contributed by atoms with Gasteiger partial charge in [0.1, 0.15) is 5.52 Å². The van der Waals surface area contributed by atoms with Crippen LogP contribution in [0, 0.1) is 17.8 Å². The van der Waals surface area contributed by atoms with Crippen LogP contribution in [0.15, 0.2) is 65.8 Å². The van der Waals surface area contributed by atoms with E-state index in [1.54, 1.807) is 48.8 Å². The Morgan fingerprint density at radius 2 is 1.86 bits per heavy atom. The molecule has 0 fully saturated rings. The zero-order valence-corrected chi connectivity index (χ0v) is 22.2. The minimum Gasteiger partial charge on any atom is -0.344 e. The summed E-state index contributed by atoms with van der Waals surface area (Å²) in [6, 6.07) is 14.2. The predicted molar refractivity (Wildman–Crippen MR) is 148 cm³/mol. The van der Waals surface area contributed by atoms with Crippen molar-refractivity contribution in [2.24, 2.45) is 5.41 Å². The van der Waals surface area contributed by atoms with Gasteiger partial charge in [0.15, 0.2) is 15.5 Å². The Morgan fingerprint density at radius 3 is 2.57 bits per heavy atom. The summed E-state index contributed by atoms with van der Waals surface area (Å²) in [4.78, 5) is 24.3. The zero-order valence-electron chi connectivity index (χ0n) is 21.4. The van der Waals surface area contributed by atoms with Crippen molar-refractivity contribution in [2.75, 3.05) is 5.32 Å². The van der Waals surface area contributed by atoms with E-state index < -0.39 is 21.0 Å². The third kappa shape index (κ3) is 5.42. The quantitative estimate of drug-likeness (QED) is 0.301. The molecule has 37 heavy (non-hydrogen) atoms. The minimum absolute atomic E-state index is 0.300. The summed E-state index contributed by atoms with van der Waals surface area (Å²) in [5, 5.41) is 2.14. The highest BCUT2D eigenvalue weighted by Crippen LogP contribution is 2.36. The van der Waals surface area contributed by atoms with E-state index in [1.807, 2.05) is 45.7 Å². The second kappa shape index (κ2) is 10.2. The average molecular weight is 515 g/mol. The first-order chi connectivity index (χ1) is 17.5. The fraction of sp³-hybridized carbons (Fsp3) is 0.276. The van der Waals surface area contributed by atoms with Crippen molar-refractivity contribution in [3.63, 3.8) is 0 Å². The Kier molecular flexibility index (Phi) is 7.19. The number of nitrogens with zero attached hydrogens (tertiary/aromatic N) is 2. The predicted octanol–water partition coefficient (Wildman–Crippen LogP) is 5.85. The van der Waals surface area contributed by atoms with Crippen LogP contribution in [-0.4, -0.2) is 34.5 Å². The largest absolute Gasteiger partial charge is 0.344 e. The van der Waals surface area contributed by atoms with Crippen molar-refractivity contribution in [2.45, 2.75) is 50.7 Å². The number of fused-ring (bicyclic) bond motifs is 1. The van der Waals surface area contributed by atoms with E-state index in [0.29, 0.717) is 33.9 Å². The Morgan fingerprint density at radius 1 is 1.14 bits per heavy atom. The number of carbonyl (C=O) groups is 1. The van der Waals surface area contributed by atoms with Gasteiger partial charge in [-0.3, -0.25) is 4.79 Å². The molecule has 1 atom stereocenters. The Labute approximate surface area is 217 Å². The number of benzene rings is 2. The molecule has 4 rings (SSSR count). The number of sulfone groups is 1. The molecule has 2 heterocycles. The number of hydrogen-bond acceptors (Lipinski definition) is 5. The molecule has 0 bridgehead atoms. The molecule has 0 saturated heterocycles. The van der Waals surface area contributed by atoms with Crippen molar-refractivity contribution in [1.29, 1.82) is 0 Å². The minimum atomic E-state index is -3.55. The molecule has 2 aromatic heterocycles. The van der Waals surface area contributed by atoms with Crippen molar-refractivity contribution in [3.8, 4) is 34.7 Å². The molecule has 0 saturated carbocycles. The van der Waals surface area contributed by atoms with Crippen LogP contribution in [0.4, 0.5) is 5.69 Å². The lowest BCUT2D eigenvalue weighted by Gasteiger charge is -2.30. The maximum atomic E-state index is 13.6. The molecule has 7 nitrogen and oxygen atoms in total. The summed E-state index contributed by atoms with van der Waals surface area (Å²) in [5.41, 5.74) is 4.20. The van der Waals surface area contributed by atoms with Crippen molar-refractivity contribution in [3.05, 3.63) is 60.9 Å². The van der Waals surface area contributed by atoms with Gasteiger partial charge in [-0.1, -0.05) is 58.4 Å². The van der Waals surface area contributed by atoms with Crippen LogP contribution in [0.2, 0.25) is 0 Å². The lowest BCUT2D eigenvalue weighted by atomic mass is 9.89. The van der Waals surface area contributed by atoms with Crippen LogP contribution in [0.5, 0.6) is 0 Å². The van der Waals surface area contributed by atoms with Crippen LogP contribution < -0.4 is 5.32 Å². The number of carbonyl (C=O) groups excluding carboxylic acids is 1. The number of anilines is 1. The van der Waals surface area contributed by atoms with Crippen molar-refractivity contribution >= 4 is 32.6 Å². The molecular weight excluding hydrogens is 484 g/mol. The second-order valence-corrected chi connectivity index (χ2v) is 12.2. The Bertz CT molecular complexity index is 1610. The van der Waals surface area contributed by atoms with Gasteiger partial charge in [0.25, 0.3) is 5.91 Å². The summed E-state index contributed by atoms with van der Waals surface area (Å²) in [6.45, 7) is 7.92. The molecule has 0 aliphatic rings. The van der Waals surface area contributed by atoms with Crippen LogP contribution in [0.3, 0.4) is 0 Å². The molecule has 2 N–H and O–H groups in total. The van der Waals surface area contributed by atoms with Gasteiger partial charge in [-0.2, -0.15) is 0 Å². The number of amides is 1. The Hall–Kier alpha value is -3.96. The molecule has 0 aliphatic heterocycles. The number of rotatable bonds is 7. The second-order valence-electron chi connectivity index (χ2n) is 10.1. The molecule has 190 valence electrons. The van der Waals surface area contributed by atoms with Gasteiger partial charge in [0, 0.05) is 23.0 Å². The number of terminal acetylenes is 1. The van der Waals surface area contributed by atoms with Gasteiger partial charge < -0.3 is 10.3 Å². The van der Waals surface area contributed by atoms with Crippen LogP contribution >= 0.6 is 0 Å². The first-order valence-corrected chi connectivity index (χ1v) is 13.7. The molecule has 0 aliphatic carbocycles. The van der Waals surface area contributed by atoms with E-state index >= 15 is 0 Å². The van der Waals surface area contributed by atoms with Gasteiger partial charge in [-0.15, -0.1) is 6.42 Å². The van der Waals surface area contributed by atoms with Gasteiger partial charge in [-0.05, 0) is 47.6 Å². The summed E-state index contributed by atoms with van der Waals surface area (Å²) in [6.07, 6.45) is 9.97. The number of H-pyrrole nitrogens is 1. The lowest BCUT2D eigenvalue weighted by molar-refractivity contribution is -0.111. The molecular formula is C29H30N4O3S. The third-order valence-corrected chi connectivity index (χ3v) is 8.90. The number of nitrogens with one attached hydrogen (secondary N) is 2. The fourth-order valence-electron chi connectivity index (χ4n) is 4.49. The monoisotopic (exact) mass is 514 g/mol. The number of aromatic nitrogens is 3. The normalized spacial score (nSPS) is 12.7. The van der Waals surface area contributed by atoms with Crippen molar-refractivity contribution in [1.82, 2.24) is 15.0 Å². The van der Waals surface area contributed by atoms with Crippen LogP contribution in [0.1, 0.15) is 40.5 Å². The van der Waals surface area contributed by atoms with Crippen LogP contribution in [-0.2, 0) is 14.6 Å². The van der Waals surface area contributed by atoms with E-state index in [9.17, 15) is 13.2 Å². The molecule has 1 unspecified atom stereocenters. The Balaban J connectivity index is 1.76. The van der Waals surface area contributed by atoms with Gasteiger partial charge in [0.2, 0.25) is 0 Å². The molecule has 0 radical (unpaired) electrons. The summed E-state index contributed by atoms with van der Waals surface area (Å²) < 4.78 is 27.3. The zero-order chi connectivity index (χ0) is 26.8. The average Bonchev–Trinajstić information content (AvgIpc) is 3.30. The molecule has 4 aromatic rings. The third-order valence-electron chi connectivity index (χ3n) is 6.29. The fourth-order valence-corrected chi connectivity index (χ4v) is 6.86. The van der Waals surface area contributed by atoms with E-state index in [-0.39, 0.29) is 5.41 Å². The molecule has 2 aromatic carbocycles. The summed E-state index contributed by atoms with van der Waals surface area (Å²) >= 11 is 0. The topological polar surface area (TPSA) is 105 Å². The SMILES string of the molecule is C#CC(=O)Nc1cccc(-c2cnc3[nH]cc(-c4cccc(S(=O)(=O)C(CCC)C(C)(C)C)c4)c3n2)c1. The van der Waals surface area contributed by atoms with E-state index in [0.717, 1.165) is 23.1 Å². The first kappa shape index (κ1) is 26.1. The van der Waals surface area contributed by atoms with Gasteiger partial charge in [0.05, 0.1) is 22.0 Å². The van der Waals surface area contributed by atoms with Gasteiger partial charge in [-0.25, -0.2) is 18.4 Å². The van der Waals surface area contributed by atoms with E-state index in [4.69, 9.17) is 11.4 Å². The molecule has 1 amide bonds. The first-order valence-electron chi connectivity index (χ1n) is 12.1. The van der Waals surface area contributed by atoms with E-state index in [1.165, 1.54) is 0 Å². The van der Waals surface area contributed by atoms with Crippen LogP contribution in [0.25, 0.3) is 33.5 Å². The standard InChI is InChI=1S/C29H30N4O3S/c1-6-10-25(29(3,4)5)37(35,36)22-14-9-11-19(16-22)23-17-30-28-27(23)33-24(18-31-28)20-12-8-13-21(15-20)32-26(34)7-2/h2,8-9,11-18,25H,6,10H2,1,3-5H3,(H,30,31)(H,32,34). The summed E-state index contributed by atoms with van der Waals surface area (Å²) in [5.74, 6) is 1.50. The highest BCUT2D eigenvalue weighted by molar-refractivity contribution is 7.92. The molecule has 8 heteroatoms. The van der Waals surface area contributed by atoms with E-state index in [2.05, 4.69) is 15.3 Å². The number of aromatic amines is 1. The van der Waals surface area contributed by atoms with Crippen molar-refractivity contribution < 1.29 is 13.2 Å².